The Morgan fingerprint density at radius 1 is 1.56 bits per heavy atom. The minimum Gasteiger partial charge on any atom is -0.313 e. The Bertz CT molecular complexity index is 425. The maximum absolute atomic E-state index is 11.0. The van der Waals surface area contributed by atoms with Gasteiger partial charge in [0.25, 0.3) is 0 Å². The summed E-state index contributed by atoms with van der Waals surface area (Å²) in [5.74, 6) is 0.181. The lowest BCUT2D eigenvalue weighted by Gasteiger charge is -2.11. The van der Waals surface area contributed by atoms with E-state index in [-0.39, 0.29) is 11.8 Å². The monoisotopic (exact) mass is 245 g/mol. The molecular formula is C10H19N3O2S. The first kappa shape index (κ1) is 13.2. The van der Waals surface area contributed by atoms with E-state index in [0.29, 0.717) is 0 Å². The standard InChI is InChI=1S/C10H19N3O2S/c1-9(8-16(3,14)15)11-5-4-10-6-12-13(2)7-10/h6-7,9,11H,4-5,8H2,1-3H3. The van der Waals surface area contributed by atoms with Crippen LogP contribution in [0.25, 0.3) is 0 Å². The van der Waals surface area contributed by atoms with Crippen LogP contribution in [0, 0.1) is 0 Å². The van der Waals surface area contributed by atoms with Gasteiger partial charge in [-0.15, -0.1) is 0 Å². The van der Waals surface area contributed by atoms with Crippen molar-refractivity contribution in [1.29, 1.82) is 0 Å². The second-order valence-electron chi connectivity index (χ2n) is 4.22. The van der Waals surface area contributed by atoms with Crippen molar-refractivity contribution in [3.63, 3.8) is 0 Å². The molecule has 0 saturated heterocycles. The van der Waals surface area contributed by atoms with Crippen molar-refractivity contribution in [2.45, 2.75) is 19.4 Å². The Hall–Kier alpha value is -0.880. The van der Waals surface area contributed by atoms with Gasteiger partial charge in [-0.1, -0.05) is 0 Å². The van der Waals surface area contributed by atoms with Crippen molar-refractivity contribution in [3.8, 4) is 0 Å². The van der Waals surface area contributed by atoms with Gasteiger partial charge < -0.3 is 5.32 Å². The zero-order valence-electron chi connectivity index (χ0n) is 9.97. The van der Waals surface area contributed by atoms with Gasteiger partial charge in [0.1, 0.15) is 9.84 Å². The molecule has 0 fully saturated rings. The molecule has 1 rings (SSSR count). The molecule has 0 radical (unpaired) electrons. The summed E-state index contributed by atoms with van der Waals surface area (Å²) in [6.45, 7) is 2.65. The maximum atomic E-state index is 11.0. The second kappa shape index (κ2) is 5.45. The van der Waals surface area contributed by atoms with Crippen LogP contribution in [-0.2, 0) is 23.3 Å². The third kappa shape index (κ3) is 5.27. The molecule has 1 heterocycles. The molecule has 0 spiro atoms. The quantitative estimate of drug-likeness (QED) is 0.765. The Labute approximate surface area is 96.8 Å². The highest BCUT2D eigenvalue weighted by Gasteiger charge is 2.09. The molecular weight excluding hydrogens is 226 g/mol. The smallest absolute Gasteiger partial charge is 0.148 e. The van der Waals surface area contributed by atoms with E-state index in [0.717, 1.165) is 18.5 Å². The van der Waals surface area contributed by atoms with Gasteiger partial charge in [-0.05, 0) is 25.5 Å². The van der Waals surface area contributed by atoms with Crippen molar-refractivity contribution in [1.82, 2.24) is 15.1 Å². The highest BCUT2D eigenvalue weighted by Crippen LogP contribution is 1.97. The molecule has 16 heavy (non-hydrogen) atoms. The predicted octanol–water partition coefficient (Wildman–Crippen LogP) is -0.0147. The molecule has 0 aliphatic rings. The van der Waals surface area contributed by atoms with Crippen LogP contribution in [0.3, 0.4) is 0 Å². The number of aryl methyl sites for hydroxylation is 1. The van der Waals surface area contributed by atoms with Gasteiger partial charge >= 0.3 is 0 Å². The molecule has 1 N–H and O–H groups in total. The number of nitrogens with one attached hydrogen (secondary N) is 1. The van der Waals surface area contributed by atoms with Crippen LogP contribution in [0.1, 0.15) is 12.5 Å². The normalized spacial score (nSPS) is 13.9. The Kier molecular flexibility index (Phi) is 4.49. The first-order valence-electron chi connectivity index (χ1n) is 5.25. The molecule has 0 aromatic carbocycles. The summed E-state index contributed by atoms with van der Waals surface area (Å²) in [6.07, 6.45) is 5.90. The van der Waals surface area contributed by atoms with Gasteiger partial charge in [0.05, 0.1) is 11.9 Å². The first-order valence-corrected chi connectivity index (χ1v) is 7.31. The molecule has 1 aromatic rings. The SMILES string of the molecule is CC(CS(C)(=O)=O)NCCc1cnn(C)c1. The third-order valence-electron chi connectivity index (χ3n) is 2.22. The summed E-state index contributed by atoms with van der Waals surface area (Å²) >= 11 is 0. The third-order valence-corrected chi connectivity index (χ3v) is 3.32. The van der Waals surface area contributed by atoms with E-state index >= 15 is 0 Å². The van der Waals surface area contributed by atoms with E-state index in [4.69, 9.17) is 0 Å². The zero-order chi connectivity index (χ0) is 12.2. The summed E-state index contributed by atoms with van der Waals surface area (Å²) in [5.41, 5.74) is 1.15. The highest BCUT2D eigenvalue weighted by molar-refractivity contribution is 7.90. The Balaban J connectivity index is 2.25. The summed E-state index contributed by atoms with van der Waals surface area (Å²) in [7, 11) is -1.02. The fraction of sp³-hybridized carbons (Fsp3) is 0.700. The van der Waals surface area contributed by atoms with Crippen LogP contribution in [-0.4, -0.2) is 42.8 Å². The molecule has 0 aliphatic carbocycles. The fourth-order valence-electron chi connectivity index (χ4n) is 1.58. The van der Waals surface area contributed by atoms with Gasteiger partial charge in [-0.25, -0.2) is 8.42 Å². The van der Waals surface area contributed by atoms with Crippen molar-refractivity contribution in [2.75, 3.05) is 18.6 Å². The van der Waals surface area contributed by atoms with Crippen LogP contribution in [0.4, 0.5) is 0 Å². The number of aromatic nitrogens is 2. The van der Waals surface area contributed by atoms with E-state index in [2.05, 4.69) is 10.4 Å². The summed E-state index contributed by atoms with van der Waals surface area (Å²) in [4.78, 5) is 0. The second-order valence-corrected chi connectivity index (χ2v) is 6.40. The molecule has 0 saturated carbocycles. The summed E-state index contributed by atoms with van der Waals surface area (Å²) < 4.78 is 23.8. The molecule has 0 bridgehead atoms. The Morgan fingerprint density at radius 2 is 2.25 bits per heavy atom. The van der Waals surface area contributed by atoms with Crippen molar-refractivity contribution < 1.29 is 8.42 Å². The van der Waals surface area contributed by atoms with Gasteiger partial charge in [-0.3, -0.25) is 4.68 Å². The van der Waals surface area contributed by atoms with Crippen molar-refractivity contribution in [3.05, 3.63) is 18.0 Å². The van der Waals surface area contributed by atoms with E-state index in [1.54, 1.807) is 4.68 Å². The van der Waals surface area contributed by atoms with Gasteiger partial charge in [-0.2, -0.15) is 5.10 Å². The summed E-state index contributed by atoms with van der Waals surface area (Å²) in [5, 5.41) is 7.25. The Morgan fingerprint density at radius 3 is 2.75 bits per heavy atom. The van der Waals surface area contributed by atoms with Crippen LogP contribution in [0.5, 0.6) is 0 Å². The fourth-order valence-corrected chi connectivity index (χ4v) is 2.60. The molecule has 92 valence electrons. The topological polar surface area (TPSA) is 64.0 Å². The van der Waals surface area contributed by atoms with E-state index < -0.39 is 9.84 Å². The van der Waals surface area contributed by atoms with Crippen molar-refractivity contribution in [2.24, 2.45) is 7.05 Å². The molecule has 0 amide bonds. The minimum atomic E-state index is -2.89. The highest BCUT2D eigenvalue weighted by atomic mass is 32.2. The molecule has 1 aromatic heterocycles. The average Bonchev–Trinajstić information content (AvgIpc) is 2.48. The van der Waals surface area contributed by atoms with E-state index in [1.165, 1.54) is 6.26 Å². The van der Waals surface area contributed by atoms with Gasteiger partial charge in [0.2, 0.25) is 0 Å². The van der Waals surface area contributed by atoms with Crippen LogP contribution >= 0.6 is 0 Å². The molecule has 0 aliphatic heterocycles. The van der Waals surface area contributed by atoms with Crippen LogP contribution in [0.2, 0.25) is 0 Å². The average molecular weight is 245 g/mol. The minimum absolute atomic E-state index is 0.00771. The van der Waals surface area contributed by atoms with E-state index in [1.807, 2.05) is 26.4 Å². The lowest BCUT2D eigenvalue weighted by Crippen LogP contribution is -2.33. The number of hydrogen-bond donors (Lipinski definition) is 1. The molecule has 5 nitrogen and oxygen atoms in total. The number of nitrogens with zero attached hydrogens (tertiary/aromatic N) is 2. The van der Waals surface area contributed by atoms with Gasteiger partial charge in [0.15, 0.2) is 0 Å². The first-order chi connectivity index (χ1) is 7.37. The predicted molar refractivity (Wildman–Crippen MR) is 64.1 cm³/mol. The van der Waals surface area contributed by atoms with Crippen LogP contribution < -0.4 is 5.32 Å². The molecule has 1 atom stereocenters. The van der Waals surface area contributed by atoms with Crippen LogP contribution in [0.15, 0.2) is 12.4 Å². The largest absolute Gasteiger partial charge is 0.313 e. The zero-order valence-corrected chi connectivity index (χ0v) is 10.8. The lowest BCUT2D eigenvalue weighted by molar-refractivity contribution is 0.561. The summed E-state index contributed by atoms with van der Waals surface area (Å²) in [6, 6.07) is -0.00771. The molecule has 1 unspecified atom stereocenters. The number of sulfone groups is 1. The number of hydrogen-bond acceptors (Lipinski definition) is 4. The number of rotatable bonds is 6. The lowest BCUT2D eigenvalue weighted by atomic mass is 10.2. The van der Waals surface area contributed by atoms with Gasteiger partial charge in [0, 0.05) is 25.5 Å². The maximum Gasteiger partial charge on any atom is 0.148 e. The molecule has 6 heteroatoms. The van der Waals surface area contributed by atoms with E-state index in [9.17, 15) is 8.42 Å². The van der Waals surface area contributed by atoms with Crippen molar-refractivity contribution >= 4 is 9.84 Å².